The SMILES string of the molecule is C[C@H]1CCCCN1C(=O)CCCn1cc(-c2ccccc2)cn1. The molecular formula is C19H25N3O. The van der Waals surface area contributed by atoms with Crippen LogP contribution in [-0.4, -0.2) is 33.2 Å². The van der Waals surface area contributed by atoms with Crippen LogP contribution >= 0.6 is 0 Å². The highest BCUT2D eigenvalue weighted by Crippen LogP contribution is 2.19. The van der Waals surface area contributed by atoms with Crippen molar-refractivity contribution in [1.29, 1.82) is 0 Å². The Morgan fingerprint density at radius 3 is 2.83 bits per heavy atom. The third-order valence-electron chi connectivity index (χ3n) is 4.64. The van der Waals surface area contributed by atoms with Gasteiger partial charge in [-0.2, -0.15) is 5.10 Å². The Labute approximate surface area is 138 Å². The predicted octanol–water partition coefficient (Wildman–Crippen LogP) is 3.73. The van der Waals surface area contributed by atoms with Gasteiger partial charge in [-0.05, 0) is 38.2 Å². The Morgan fingerprint density at radius 2 is 2.04 bits per heavy atom. The zero-order valence-corrected chi connectivity index (χ0v) is 13.8. The van der Waals surface area contributed by atoms with Gasteiger partial charge in [0.25, 0.3) is 0 Å². The first-order valence-electron chi connectivity index (χ1n) is 8.61. The highest BCUT2D eigenvalue weighted by atomic mass is 16.2. The second-order valence-electron chi connectivity index (χ2n) is 6.39. The van der Waals surface area contributed by atoms with Crippen LogP contribution in [0.5, 0.6) is 0 Å². The quantitative estimate of drug-likeness (QED) is 0.844. The van der Waals surface area contributed by atoms with Crippen LogP contribution in [-0.2, 0) is 11.3 Å². The Morgan fingerprint density at radius 1 is 1.22 bits per heavy atom. The normalized spacial score (nSPS) is 18.1. The molecule has 1 saturated heterocycles. The van der Waals surface area contributed by atoms with Crippen molar-refractivity contribution in [3.8, 4) is 11.1 Å². The van der Waals surface area contributed by atoms with Crippen molar-refractivity contribution in [3.63, 3.8) is 0 Å². The molecule has 0 radical (unpaired) electrons. The van der Waals surface area contributed by atoms with Crippen molar-refractivity contribution in [1.82, 2.24) is 14.7 Å². The number of carbonyl (C=O) groups excluding carboxylic acids is 1. The lowest BCUT2D eigenvalue weighted by Gasteiger charge is -2.33. The molecule has 1 aliphatic rings. The molecule has 3 rings (SSSR count). The van der Waals surface area contributed by atoms with Crippen molar-refractivity contribution in [3.05, 3.63) is 42.7 Å². The van der Waals surface area contributed by atoms with Crippen LogP contribution in [0.3, 0.4) is 0 Å². The first-order valence-corrected chi connectivity index (χ1v) is 8.61. The van der Waals surface area contributed by atoms with E-state index in [-0.39, 0.29) is 0 Å². The lowest BCUT2D eigenvalue weighted by molar-refractivity contribution is -0.134. The molecule has 1 amide bonds. The van der Waals surface area contributed by atoms with Crippen LogP contribution in [0.15, 0.2) is 42.7 Å². The zero-order valence-electron chi connectivity index (χ0n) is 13.8. The number of rotatable bonds is 5. The summed E-state index contributed by atoms with van der Waals surface area (Å²) in [7, 11) is 0. The van der Waals surface area contributed by atoms with Gasteiger partial charge in [-0.15, -0.1) is 0 Å². The molecule has 4 heteroatoms. The van der Waals surface area contributed by atoms with Crippen LogP contribution in [0.25, 0.3) is 11.1 Å². The number of hydrogen-bond acceptors (Lipinski definition) is 2. The molecule has 2 aromatic rings. The van der Waals surface area contributed by atoms with Gasteiger partial charge in [0, 0.05) is 37.3 Å². The molecule has 0 aliphatic carbocycles. The Kier molecular flexibility index (Phi) is 5.11. The average Bonchev–Trinajstić information content (AvgIpc) is 3.05. The largest absolute Gasteiger partial charge is 0.340 e. The molecule has 4 nitrogen and oxygen atoms in total. The van der Waals surface area contributed by atoms with Crippen LogP contribution in [0, 0.1) is 0 Å². The van der Waals surface area contributed by atoms with Crippen molar-refractivity contribution in [2.75, 3.05) is 6.54 Å². The Balaban J connectivity index is 1.49. The van der Waals surface area contributed by atoms with Gasteiger partial charge in [-0.3, -0.25) is 9.48 Å². The third-order valence-corrected chi connectivity index (χ3v) is 4.64. The van der Waals surface area contributed by atoms with E-state index in [9.17, 15) is 4.79 Å². The summed E-state index contributed by atoms with van der Waals surface area (Å²) in [5.41, 5.74) is 2.30. The fourth-order valence-corrected chi connectivity index (χ4v) is 3.27. The van der Waals surface area contributed by atoms with Gasteiger partial charge in [0.05, 0.1) is 6.20 Å². The zero-order chi connectivity index (χ0) is 16.1. The van der Waals surface area contributed by atoms with Crippen molar-refractivity contribution in [2.24, 2.45) is 0 Å². The van der Waals surface area contributed by atoms with E-state index in [1.165, 1.54) is 12.0 Å². The minimum atomic E-state index is 0.299. The van der Waals surface area contributed by atoms with E-state index >= 15 is 0 Å². The number of benzene rings is 1. The van der Waals surface area contributed by atoms with E-state index in [0.717, 1.165) is 37.9 Å². The lowest BCUT2D eigenvalue weighted by atomic mass is 10.0. The molecule has 1 aromatic carbocycles. The predicted molar refractivity (Wildman–Crippen MR) is 91.9 cm³/mol. The van der Waals surface area contributed by atoms with Gasteiger partial charge in [0.15, 0.2) is 0 Å². The van der Waals surface area contributed by atoms with Crippen molar-refractivity contribution in [2.45, 2.75) is 51.6 Å². The van der Waals surface area contributed by atoms with E-state index in [0.29, 0.717) is 18.4 Å². The van der Waals surface area contributed by atoms with Gasteiger partial charge < -0.3 is 4.90 Å². The highest BCUT2D eigenvalue weighted by molar-refractivity contribution is 5.76. The van der Waals surface area contributed by atoms with Crippen molar-refractivity contribution < 1.29 is 4.79 Å². The maximum atomic E-state index is 12.3. The molecule has 1 atom stereocenters. The summed E-state index contributed by atoms with van der Waals surface area (Å²) in [6.07, 6.45) is 8.96. The summed E-state index contributed by atoms with van der Waals surface area (Å²) in [6, 6.07) is 10.7. The van der Waals surface area contributed by atoms with Crippen LogP contribution in [0.1, 0.15) is 39.0 Å². The maximum Gasteiger partial charge on any atom is 0.222 e. The van der Waals surface area contributed by atoms with E-state index < -0.39 is 0 Å². The summed E-state index contributed by atoms with van der Waals surface area (Å²) in [4.78, 5) is 14.4. The number of piperidine rings is 1. The molecule has 1 aliphatic heterocycles. The third kappa shape index (κ3) is 4.01. The van der Waals surface area contributed by atoms with Crippen LogP contribution in [0.2, 0.25) is 0 Å². The summed E-state index contributed by atoms with van der Waals surface area (Å²) in [6.45, 7) is 3.89. The molecule has 0 saturated carbocycles. The number of carbonyl (C=O) groups is 1. The minimum Gasteiger partial charge on any atom is -0.340 e. The molecule has 0 bridgehead atoms. The standard InChI is InChI=1S/C19H25N3O/c1-16-8-5-6-13-22(16)19(23)11-7-12-21-15-18(14-20-21)17-9-3-2-4-10-17/h2-4,9-10,14-16H,5-8,11-13H2,1H3/t16-/m0/s1. The van der Waals surface area contributed by atoms with Crippen LogP contribution < -0.4 is 0 Å². The molecule has 23 heavy (non-hydrogen) atoms. The second-order valence-corrected chi connectivity index (χ2v) is 6.39. The summed E-state index contributed by atoms with van der Waals surface area (Å²) >= 11 is 0. The van der Waals surface area contributed by atoms with Crippen molar-refractivity contribution >= 4 is 5.91 Å². The van der Waals surface area contributed by atoms with E-state index in [2.05, 4.69) is 35.3 Å². The first-order chi connectivity index (χ1) is 11.2. The van der Waals surface area contributed by atoms with E-state index in [1.807, 2.05) is 29.1 Å². The molecule has 2 heterocycles. The molecule has 122 valence electrons. The fraction of sp³-hybridized carbons (Fsp3) is 0.474. The fourth-order valence-electron chi connectivity index (χ4n) is 3.27. The second kappa shape index (κ2) is 7.44. The first kappa shape index (κ1) is 15.8. The molecule has 0 spiro atoms. The smallest absolute Gasteiger partial charge is 0.222 e. The van der Waals surface area contributed by atoms with Crippen LogP contribution in [0.4, 0.5) is 0 Å². The number of amides is 1. The molecule has 1 fully saturated rings. The van der Waals surface area contributed by atoms with Gasteiger partial charge in [-0.25, -0.2) is 0 Å². The molecule has 1 aromatic heterocycles. The Hall–Kier alpha value is -2.10. The van der Waals surface area contributed by atoms with E-state index in [4.69, 9.17) is 0 Å². The van der Waals surface area contributed by atoms with Gasteiger partial charge in [-0.1, -0.05) is 30.3 Å². The number of nitrogens with zero attached hydrogens (tertiary/aromatic N) is 3. The number of hydrogen-bond donors (Lipinski definition) is 0. The van der Waals surface area contributed by atoms with Gasteiger partial charge >= 0.3 is 0 Å². The van der Waals surface area contributed by atoms with E-state index in [1.54, 1.807) is 0 Å². The van der Waals surface area contributed by atoms with Gasteiger partial charge in [0.2, 0.25) is 5.91 Å². The summed E-state index contributed by atoms with van der Waals surface area (Å²) < 4.78 is 1.94. The summed E-state index contributed by atoms with van der Waals surface area (Å²) in [5.74, 6) is 0.299. The number of aryl methyl sites for hydroxylation is 1. The minimum absolute atomic E-state index is 0.299. The number of likely N-dealkylation sites (tertiary alicyclic amines) is 1. The van der Waals surface area contributed by atoms with Gasteiger partial charge in [0.1, 0.15) is 0 Å². The maximum absolute atomic E-state index is 12.3. The monoisotopic (exact) mass is 311 g/mol. The topological polar surface area (TPSA) is 38.1 Å². The lowest BCUT2D eigenvalue weighted by Crippen LogP contribution is -2.41. The number of aromatic nitrogens is 2. The molecule has 0 N–H and O–H groups in total. The molecule has 0 unspecified atom stereocenters. The molecular weight excluding hydrogens is 286 g/mol. The summed E-state index contributed by atoms with van der Waals surface area (Å²) in [5, 5.41) is 4.41. The average molecular weight is 311 g/mol. The Bertz CT molecular complexity index is 635. The highest BCUT2D eigenvalue weighted by Gasteiger charge is 2.22.